The highest BCUT2D eigenvalue weighted by Gasteiger charge is 2.39. The van der Waals surface area contributed by atoms with Gasteiger partial charge in [0, 0.05) is 24.6 Å². The normalized spacial score (nSPS) is 12.4. The smallest absolute Gasteiger partial charge is 0.344 e. The van der Waals surface area contributed by atoms with Crippen molar-refractivity contribution in [2.45, 2.75) is 33.0 Å². The molecule has 7 nitrogen and oxygen atoms in total. The molecule has 0 bridgehead atoms. The molecule has 156 valence electrons. The van der Waals surface area contributed by atoms with Crippen LogP contribution in [0.4, 0.5) is 18.9 Å². The Bertz CT molecular complexity index is 985. The molecule has 1 atom stereocenters. The molecule has 2 aromatic rings. The van der Waals surface area contributed by atoms with Gasteiger partial charge in [0.15, 0.2) is 0 Å². The number of amides is 2. The van der Waals surface area contributed by atoms with E-state index < -0.39 is 29.8 Å². The van der Waals surface area contributed by atoms with Crippen molar-refractivity contribution < 1.29 is 27.6 Å². The van der Waals surface area contributed by atoms with Gasteiger partial charge in [0.1, 0.15) is 11.2 Å². The largest absolute Gasteiger partial charge is 0.408 e. The first-order chi connectivity index (χ1) is 13.3. The number of carbonyl (C=O) groups is 3. The number of anilines is 1. The van der Waals surface area contributed by atoms with Crippen LogP contribution in [0.15, 0.2) is 18.3 Å². The van der Waals surface area contributed by atoms with Crippen molar-refractivity contribution in [1.82, 2.24) is 14.9 Å². The molecule has 2 amide bonds. The van der Waals surface area contributed by atoms with Crippen molar-refractivity contribution in [1.29, 1.82) is 0 Å². The highest BCUT2D eigenvalue weighted by molar-refractivity contribution is 6.43. The van der Waals surface area contributed by atoms with Crippen LogP contribution in [0, 0.1) is 13.8 Å². The van der Waals surface area contributed by atoms with Gasteiger partial charge in [-0.25, -0.2) is 4.98 Å². The zero-order valence-corrected chi connectivity index (χ0v) is 16.7. The summed E-state index contributed by atoms with van der Waals surface area (Å²) < 4.78 is 39.2. The van der Waals surface area contributed by atoms with E-state index in [2.05, 4.69) is 10.3 Å². The molecule has 0 aromatic carbocycles. The number of ketones is 1. The Morgan fingerprint density at radius 1 is 1.24 bits per heavy atom. The lowest BCUT2D eigenvalue weighted by Gasteiger charge is -2.16. The molecule has 0 aliphatic carbocycles. The molecular formula is C18H18ClF3N4O3. The minimum Gasteiger partial charge on any atom is -0.344 e. The molecule has 2 aromatic heterocycles. The molecule has 0 unspecified atom stereocenters. The van der Waals surface area contributed by atoms with E-state index in [9.17, 15) is 27.6 Å². The molecule has 11 heteroatoms. The fraction of sp³-hybridized carbons (Fsp3) is 0.333. The molecule has 0 fully saturated rings. The number of pyridine rings is 1. The summed E-state index contributed by atoms with van der Waals surface area (Å²) >= 11 is 5.78. The molecule has 2 heterocycles. The quantitative estimate of drug-likeness (QED) is 0.433. The Hall–Kier alpha value is -2.88. The van der Waals surface area contributed by atoms with Gasteiger partial charge in [-0.2, -0.15) is 13.2 Å². The second kappa shape index (κ2) is 8.24. The van der Waals surface area contributed by atoms with Gasteiger partial charge in [-0.15, -0.1) is 0 Å². The summed E-state index contributed by atoms with van der Waals surface area (Å²) in [5.74, 6) is -3.15. The second-order valence-electron chi connectivity index (χ2n) is 6.38. The van der Waals surface area contributed by atoms with E-state index in [0.29, 0.717) is 11.4 Å². The van der Waals surface area contributed by atoms with E-state index in [1.165, 1.54) is 36.9 Å². The summed E-state index contributed by atoms with van der Waals surface area (Å²) in [5.41, 5.74) is 0.845. The van der Waals surface area contributed by atoms with E-state index in [0.717, 1.165) is 6.92 Å². The van der Waals surface area contributed by atoms with Gasteiger partial charge in [0.05, 0.1) is 11.3 Å². The molecule has 0 spiro atoms. The van der Waals surface area contributed by atoms with Crippen LogP contribution in [0.1, 0.15) is 39.0 Å². The number of nitrogens with one attached hydrogen (secondary N) is 2. The number of rotatable bonds is 5. The summed E-state index contributed by atoms with van der Waals surface area (Å²) in [7, 11) is 1.44. The van der Waals surface area contributed by atoms with Crippen molar-refractivity contribution in [3.63, 3.8) is 0 Å². The van der Waals surface area contributed by atoms with Gasteiger partial charge in [-0.3, -0.25) is 14.4 Å². The third-order valence-corrected chi connectivity index (χ3v) is 4.61. The SMILES string of the molecule is Cc1c(C(=O)Nc2ccnc(Cl)c2)c(C)n(C)c1C(=O)C(=O)N[C@H](C)C(F)(F)F. The number of halogens is 4. The maximum atomic E-state index is 12.7. The predicted octanol–water partition coefficient (Wildman–Crippen LogP) is 3.19. The number of aromatic nitrogens is 2. The van der Waals surface area contributed by atoms with E-state index in [1.54, 1.807) is 12.2 Å². The molecule has 29 heavy (non-hydrogen) atoms. The average Bonchev–Trinajstić information content (AvgIpc) is 2.82. The monoisotopic (exact) mass is 430 g/mol. The van der Waals surface area contributed by atoms with Crippen molar-refractivity contribution >= 4 is 34.9 Å². The molecule has 0 radical (unpaired) electrons. The zero-order valence-electron chi connectivity index (χ0n) is 15.9. The first-order valence-corrected chi connectivity index (χ1v) is 8.73. The topological polar surface area (TPSA) is 93.1 Å². The van der Waals surface area contributed by atoms with Crippen LogP contribution < -0.4 is 10.6 Å². The Morgan fingerprint density at radius 2 is 1.86 bits per heavy atom. The van der Waals surface area contributed by atoms with E-state index in [1.807, 2.05) is 0 Å². The fourth-order valence-corrected chi connectivity index (χ4v) is 2.93. The Kier molecular flexibility index (Phi) is 6.37. The Morgan fingerprint density at radius 3 is 2.41 bits per heavy atom. The Labute approximate surface area is 169 Å². The molecular weight excluding hydrogens is 413 g/mol. The van der Waals surface area contributed by atoms with Gasteiger partial charge >= 0.3 is 6.18 Å². The number of nitrogens with zero attached hydrogens (tertiary/aromatic N) is 2. The van der Waals surface area contributed by atoms with Crippen LogP contribution in [-0.4, -0.2) is 39.4 Å². The van der Waals surface area contributed by atoms with Crippen molar-refractivity contribution in [3.05, 3.63) is 46.0 Å². The molecule has 2 rings (SSSR count). The minimum absolute atomic E-state index is 0.125. The van der Waals surface area contributed by atoms with Crippen LogP contribution in [0.5, 0.6) is 0 Å². The molecule has 0 saturated carbocycles. The van der Waals surface area contributed by atoms with Gasteiger partial charge in [-0.1, -0.05) is 11.6 Å². The standard InChI is InChI=1S/C18H18ClF3N4O3/c1-8-13(16(28)25-11-5-6-23-12(19)7-11)9(2)26(4)14(8)15(27)17(29)24-10(3)18(20,21)22/h5-7,10H,1-4H3,(H,24,29)(H,23,25,28)/t10-/m1/s1. The van der Waals surface area contributed by atoms with E-state index in [-0.39, 0.29) is 22.0 Å². The number of Topliss-reactive ketones (excluding diaryl/α,β-unsaturated/α-hetero) is 1. The third-order valence-electron chi connectivity index (χ3n) is 4.40. The lowest BCUT2D eigenvalue weighted by atomic mass is 10.1. The predicted molar refractivity (Wildman–Crippen MR) is 100 cm³/mol. The zero-order chi connectivity index (χ0) is 22.1. The van der Waals surface area contributed by atoms with Gasteiger partial charge in [-0.05, 0) is 38.5 Å². The lowest BCUT2D eigenvalue weighted by molar-refractivity contribution is -0.156. The number of hydrogen-bond donors (Lipinski definition) is 2. The van der Waals surface area contributed by atoms with E-state index >= 15 is 0 Å². The number of hydrogen-bond acceptors (Lipinski definition) is 4. The highest BCUT2D eigenvalue weighted by atomic mass is 35.5. The van der Waals surface area contributed by atoms with Crippen LogP contribution in [0.2, 0.25) is 5.15 Å². The van der Waals surface area contributed by atoms with Crippen LogP contribution in [0.25, 0.3) is 0 Å². The second-order valence-corrected chi connectivity index (χ2v) is 6.77. The maximum Gasteiger partial charge on any atom is 0.408 e. The van der Waals surface area contributed by atoms with Crippen LogP contribution >= 0.6 is 11.6 Å². The Balaban J connectivity index is 2.33. The maximum absolute atomic E-state index is 12.7. The summed E-state index contributed by atoms with van der Waals surface area (Å²) in [6.45, 7) is 3.72. The summed E-state index contributed by atoms with van der Waals surface area (Å²) in [6.07, 6.45) is -3.30. The van der Waals surface area contributed by atoms with Gasteiger partial charge in [0.25, 0.3) is 17.6 Å². The first-order valence-electron chi connectivity index (χ1n) is 8.35. The van der Waals surface area contributed by atoms with Crippen molar-refractivity contribution in [3.8, 4) is 0 Å². The number of alkyl halides is 3. The van der Waals surface area contributed by atoms with E-state index in [4.69, 9.17) is 11.6 Å². The summed E-state index contributed by atoms with van der Waals surface area (Å²) in [5, 5.41) is 4.39. The van der Waals surface area contributed by atoms with Gasteiger partial charge in [0.2, 0.25) is 0 Å². The highest BCUT2D eigenvalue weighted by Crippen LogP contribution is 2.24. The molecule has 0 aliphatic heterocycles. The van der Waals surface area contributed by atoms with Crippen LogP contribution in [0.3, 0.4) is 0 Å². The first kappa shape index (κ1) is 22.4. The molecule has 0 aliphatic rings. The fourth-order valence-electron chi connectivity index (χ4n) is 2.76. The summed E-state index contributed by atoms with van der Waals surface area (Å²) in [4.78, 5) is 41.0. The lowest BCUT2D eigenvalue weighted by Crippen LogP contribution is -2.46. The molecule has 2 N–H and O–H groups in total. The number of carbonyl (C=O) groups excluding carboxylic acids is 3. The third kappa shape index (κ3) is 4.76. The van der Waals surface area contributed by atoms with Crippen molar-refractivity contribution in [2.24, 2.45) is 7.05 Å². The average molecular weight is 431 g/mol. The minimum atomic E-state index is -4.69. The van der Waals surface area contributed by atoms with Gasteiger partial charge < -0.3 is 15.2 Å². The van der Waals surface area contributed by atoms with Crippen molar-refractivity contribution in [2.75, 3.05) is 5.32 Å². The molecule has 0 saturated heterocycles. The summed E-state index contributed by atoms with van der Waals surface area (Å²) in [6, 6.07) is 0.736. The van der Waals surface area contributed by atoms with Crippen LogP contribution in [-0.2, 0) is 11.8 Å².